The van der Waals surface area contributed by atoms with Crippen molar-refractivity contribution in [2.24, 2.45) is 0 Å². The Morgan fingerprint density at radius 3 is 2.52 bits per heavy atom. The number of rotatable bonds is 11. The van der Waals surface area contributed by atoms with Gasteiger partial charge in [-0.15, -0.1) is 0 Å². The second kappa shape index (κ2) is 13.5. The van der Waals surface area contributed by atoms with Crippen molar-refractivity contribution in [1.29, 1.82) is 0 Å². The number of fused-ring (bicyclic) bond motifs is 1. The minimum Gasteiger partial charge on any atom is -1.00 e. The molecule has 2 aromatic heterocycles. The molecule has 16 heteroatoms. The van der Waals surface area contributed by atoms with E-state index in [0.717, 1.165) is 3.97 Å². The van der Waals surface area contributed by atoms with Crippen molar-refractivity contribution in [2.45, 2.75) is 41.7 Å². The largest absolute Gasteiger partial charge is 1.00 e. The predicted octanol–water partition coefficient (Wildman–Crippen LogP) is 1.37. The second-order valence-electron chi connectivity index (χ2n) is 8.79. The molecule has 4 rings (SSSR count). The van der Waals surface area contributed by atoms with E-state index < -0.39 is 39.6 Å². The molecule has 2 heterocycles. The van der Waals surface area contributed by atoms with Crippen LogP contribution < -0.4 is 39.0 Å². The number of carboxylic acid groups (broad SMARTS) is 1. The smallest absolute Gasteiger partial charge is 1.00 e. The van der Waals surface area contributed by atoms with Gasteiger partial charge in [-0.05, 0) is 55.3 Å². The van der Waals surface area contributed by atoms with E-state index in [4.69, 9.17) is 14.6 Å². The van der Waals surface area contributed by atoms with Gasteiger partial charge in [0.15, 0.2) is 6.61 Å². The maximum Gasteiger partial charge on any atom is 1.00 e. The van der Waals surface area contributed by atoms with Crippen LogP contribution in [-0.2, 0) is 37.8 Å². The van der Waals surface area contributed by atoms with Crippen LogP contribution in [0.2, 0.25) is 0 Å². The summed E-state index contributed by atoms with van der Waals surface area (Å²) < 4.78 is 90.5. The first-order chi connectivity index (χ1) is 19.3. The van der Waals surface area contributed by atoms with Gasteiger partial charge in [0.25, 0.3) is 10.0 Å². The first-order valence-electron chi connectivity index (χ1n) is 12.0. The quantitative estimate of drug-likeness (QED) is 0.242. The normalized spacial score (nSPS) is 12.5. The third-order valence-electron chi connectivity index (χ3n) is 6.01. The summed E-state index contributed by atoms with van der Waals surface area (Å²) in [6.45, 7) is -0.0638. The van der Waals surface area contributed by atoms with Crippen molar-refractivity contribution >= 4 is 37.8 Å². The summed E-state index contributed by atoms with van der Waals surface area (Å²) in [4.78, 5) is 19.3. The van der Waals surface area contributed by atoms with Crippen molar-refractivity contribution in [1.82, 2.24) is 13.9 Å². The molecule has 0 amide bonds. The van der Waals surface area contributed by atoms with Crippen LogP contribution in [0.1, 0.15) is 24.7 Å². The number of carbonyl (C=O) groups is 1. The van der Waals surface area contributed by atoms with Crippen LogP contribution in [0.25, 0.3) is 11.0 Å². The molecule has 1 atom stereocenters. The average molecular weight is 636 g/mol. The molecule has 1 unspecified atom stereocenters. The summed E-state index contributed by atoms with van der Waals surface area (Å²) in [6.07, 6.45) is -3.61. The Kier molecular flexibility index (Phi) is 10.8. The van der Waals surface area contributed by atoms with Gasteiger partial charge in [-0.2, -0.15) is 13.2 Å². The Balaban J connectivity index is 0.00000323. The van der Waals surface area contributed by atoms with Gasteiger partial charge < -0.3 is 16.0 Å². The van der Waals surface area contributed by atoms with E-state index in [0.29, 0.717) is 11.3 Å². The zero-order valence-corrected chi connectivity index (χ0v) is 26.3. The molecule has 42 heavy (non-hydrogen) atoms. The topological polar surface area (TPSA) is 138 Å². The minimum atomic E-state index is -4.56. The van der Waals surface area contributed by atoms with Gasteiger partial charge in [-0.1, -0.05) is 12.1 Å². The summed E-state index contributed by atoms with van der Waals surface area (Å²) in [6, 6.07) is 11.5. The number of para-hydroxylation sites is 2. The fourth-order valence-corrected chi connectivity index (χ4v) is 7.12. The minimum absolute atomic E-state index is 0. The Morgan fingerprint density at radius 2 is 1.86 bits per heavy atom. The molecule has 0 spiro atoms. The van der Waals surface area contributed by atoms with Crippen molar-refractivity contribution < 1.29 is 76.2 Å². The Hall–Kier alpha value is -2.98. The van der Waals surface area contributed by atoms with E-state index in [1.807, 2.05) is 0 Å². The summed E-state index contributed by atoms with van der Waals surface area (Å²) in [7, 11) is -5.19. The maximum atomic E-state index is 14.0. The van der Waals surface area contributed by atoms with Gasteiger partial charge in [-0.25, -0.2) is 17.4 Å². The number of halogens is 3. The number of benzene rings is 2. The third kappa shape index (κ3) is 7.50. The predicted molar refractivity (Wildman–Crippen MR) is 143 cm³/mol. The van der Waals surface area contributed by atoms with E-state index in [9.17, 15) is 30.6 Å². The van der Waals surface area contributed by atoms with Crippen molar-refractivity contribution in [3.63, 3.8) is 0 Å². The first kappa shape index (κ1) is 33.5. The number of aliphatic carboxylic acids is 1. The molecule has 0 radical (unpaired) electrons. The Morgan fingerprint density at radius 1 is 1.14 bits per heavy atom. The summed E-state index contributed by atoms with van der Waals surface area (Å²) in [5.41, 5.74) is 1.09. The van der Waals surface area contributed by atoms with Gasteiger partial charge >= 0.3 is 41.7 Å². The fourth-order valence-electron chi connectivity index (χ4n) is 4.02. The van der Waals surface area contributed by atoms with Crippen LogP contribution in [0.4, 0.5) is 13.2 Å². The Bertz CT molecular complexity index is 1750. The third-order valence-corrected chi connectivity index (χ3v) is 9.04. The van der Waals surface area contributed by atoms with E-state index in [-0.39, 0.29) is 87.7 Å². The van der Waals surface area contributed by atoms with Crippen LogP contribution in [-0.4, -0.2) is 57.5 Å². The molecule has 0 fully saturated rings. The summed E-state index contributed by atoms with van der Waals surface area (Å²) in [5, 5.41) is 8.77. The van der Waals surface area contributed by atoms with E-state index in [2.05, 4.69) is 9.97 Å². The Labute approximate surface area is 265 Å². The number of hydrogen-bond acceptors (Lipinski definition) is 8. The molecule has 0 saturated carbocycles. The second-order valence-corrected chi connectivity index (χ2v) is 11.9. The van der Waals surface area contributed by atoms with Gasteiger partial charge in [0.2, 0.25) is 5.16 Å². The van der Waals surface area contributed by atoms with Crippen LogP contribution >= 0.6 is 0 Å². The SMILES string of the molecule is COc1ccc(S(=O)(=O)n2c(S(=O)Cc3nccc(OCC(F)(F)F)c3C)nc3ccccc32)cc1CCC(=O)O.[H-].[Na+]. The fraction of sp³-hybridized carbons (Fsp3) is 0.269. The molecule has 0 saturated heterocycles. The molecule has 0 aliphatic heterocycles. The number of aromatic nitrogens is 3. The van der Waals surface area contributed by atoms with Crippen molar-refractivity contribution in [2.75, 3.05) is 13.7 Å². The molecule has 2 aromatic carbocycles. The number of nitrogens with zero attached hydrogens (tertiary/aromatic N) is 3. The molecule has 220 valence electrons. The summed E-state index contributed by atoms with van der Waals surface area (Å²) in [5.74, 6) is -1.23. The van der Waals surface area contributed by atoms with Crippen molar-refractivity contribution in [3.8, 4) is 11.5 Å². The number of carboxylic acids is 1. The van der Waals surface area contributed by atoms with Gasteiger partial charge in [0.05, 0.1) is 45.3 Å². The molecular formula is C26H25F3N3NaO7S2. The zero-order valence-electron chi connectivity index (χ0n) is 23.7. The number of hydrogen-bond donors (Lipinski definition) is 1. The van der Waals surface area contributed by atoms with Crippen LogP contribution in [0, 0.1) is 6.92 Å². The molecule has 10 nitrogen and oxygen atoms in total. The van der Waals surface area contributed by atoms with E-state index in [1.54, 1.807) is 18.2 Å². The zero-order chi connectivity index (χ0) is 29.9. The monoisotopic (exact) mass is 635 g/mol. The number of alkyl halides is 3. The van der Waals surface area contributed by atoms with Crippen LogP contribution in [0.3, 0.4) is 0 Å². The van der Waals surface area contributed by atoms with E-state index >= 15 is 0 Å². The molecule has 0 aliphatic rings. The van der Waals surface area contributed by atoms with Crippen LogP contribution in [0.5, 0.6) is 11.5 Å². The van der Waals surface area contributed by atoms with Gasteiger partial charge in [-0.3, -0.25) is 14.0 Å². The number of pyridine rings is 1. The molecule has 0 bridgehead atoms. The standard InChI is InChI=1S/C26H24F3N3O7S2.Na.H/c1-16-20(30-12-11-22(16)39-15-26(27,28)29)14-40(35)25-31-19-5-3-4-6-21(19)32(25)41(36,37)18-8-9-23(38-2)17(13-18)7-10-24(33)34;;/h3-6,8-9,11-13H,7,10,14-15H2,1-2H3,(H,33,34);;/q;+1;-1. The maximum absolute atomic E-state index is 14.0. The number of imidazole rings is 1. The molecule has 4 aromatic rings. The summed E-state index contributed by atoms with van der Waals surface area (Å²) >= 11 is 0. The van der Waals surface area contributed by atoms with Gasteiger partial charge in [0.1, 0.15) is 11.5 Å². The van der Waals surface area contributed by atoms with Gasteiger partial charge in [0, 0.05) is 18.2 Å². The first-order valence-corrected chi connectivity index (χ1v) is 14.7. The molecular weight excluding hydrogens is 610 g/mol. The number of ether oxygens (including phenoxy) is 2. The van der Waals surface area contributed by atoms with E-state index in [1.165, 1.54) is 50.6 Å². The number of aryl methyl sites for hydroxylation is 1. The van der Waals surface area contributed by atoms with Crippen LogP contribution in [0.15, 0.2) is 64.8 Å². The average Bonchev–Trinajstić information content (AvgIpc) is 3.32. The van der Waals surface area contributed by atoms with Crippen molar-refractivity contribution in [3.05, 3.63) is 71.5 Å². The molecule has 1 N–H and O–H groups in total. The number of methoxy groups -OCH3 is 1. The molecule has 0 aliphatic carbocycles.